The minimum absolute atomic E-state index is 0.174. The molecule has 25 heavy (non-hydrogen) atoms. The van der Waals surface area contributed by atoms with Crippen LogP contribution in [0.15, 0.2) is 33.2 Å². The zero-order valence-corrected chi connectivity index (χ0v) is 14.7. The summed E-state index contributed by atoms with van der Waals surface area (Å²) < 4.78 is 36.1. The number of aryl methyl sites for hydroxylation is 1. The SMILES string of the molecule is Cc1c(Br)cccc1-c1nc2c(C)c(C(=O)O)c(OC(F)F)cc2o1. The maximum absolute atomic E-state index is 12.6. The molecular weight excluding hydrogens is 400 g/mol. The quantitative estimate of drug-likeness (QED) is 0.640. The van der Waals surface area contributed by atoms with Crippen LogP contribution in [0.3, 0.4) is 0 Å². The number of hydrogen-bond donors (Lipinski definition) is 1. The molecule has 0 aliphatic heterocycles. The van der Waals surface area contributed by atoms with Crippen LogP contribution >= 0.6 is 15.9 Å². The van der Waals surface area contributed by atoms with E-state index < -0.39 is 18.3 Å². The highest BCUT2D eigenvalue weighted by Gasteiger charge is 2.24. The fraction of sp³-hybridized carbons (Fsp3) is 0.176. The van der Waals surface area contributed by atoms with E-state index in [1.54, 1.807) is 6.07 Å². The Bertz CT molecular complexity index is 984. The second kappa shape index (κ2) is 6.44. The van der Waals surface area contributed by atoms with Crippen molar-refractivity contribution in [1.29, 1.82) is 0 Å². The molecule has 0 aliphatic carbocycles. The first kappa shape index (κ1) is 17.3. The first-order valence-corrected chi connectivity index (χ1v) is 7.96. The van der Waals surface area contributed by atoms with E-state index in [-0.39, 0.29) is 28.1 Å². The average molecular weight is 412 g/mol. The number of aromatic nitrogens is 1. The second-order valence-corrected chi connectivity index (χ2v) is 6.19. The summed E-state index contributed by atoms with van der Waals surface area (Å²) in [5, 5.41) is 9.33. The van der Waals surface area contributed by atoms with Gasteiger partial charge in [0.2, 0.25) is 5.89 Å². The molecule has 3 rings (SSSR count). The van der Waals surface area contributed by atoms with Gasteiger partial charge in [0.05, 0.1) is 0 Å². The highest BCUT2D eigenvalue weighted by Crippen LogP contribution is 2.36. The maximum Gasteiger partial charge on any atom is 0.387 e. The van der Waals surface area contributed by atoms with Crippen molar-refractivity contribution < 1.29 is 27.8 Å². The van der Waals surface area contributed by atoms with Gasteiger partial charge < -0.3 is 14.3 Å². The van der Waals surface area contributed by atoms with Crippen LogP contribution in [0.2, 0.25) is 0 Å². The Balaban J connectivity index is 2.25. The summed E-state index contributed by atoms with van der Waals surface area (Å²) in [5.41, 5.74) is 1.88. The number of alkyl halides is 2. The third-order valence-corrected chi connectivity index (χ3v) is 4.68. The molecule has 0 amide bonds. The standard InChI is InChI=1S/C17H12BrF2NO4/c1-7-9(4-3-5-10(7)18)15-21-14-8(2)13(16(22)23)11(25-17(19)20)6-12(14)24-15/h3-6,17H,1-2H3,(H,22,23). The highest BCUT2D eigenvalue weighted by atomic mass is 79.9. The van der Waals surface area contributed by atoms with Crippen molar-refractivity contribution in [2.75, 3.05) is 0 Å². The first-order valence-electron chi connectivity index (χ1n) is 7.17. The van der Waals surface area contributed by atoms with Crippen LogP contribution in [0.4, 0.5) is 8.78 Å². The fourth-order valence-corrected chi connectivity index (χ4v) is 2.97. The van der Waals surface area contributed by atoms with E-state index in [4.69, 9.17) is 4.42 Å². The number of rotatable bonds is 4. The summed E-state index contributed by atoms with van der Waals surface area (Å²) in [7, 11) is 0. The van der Waals surface area contributed by atoms with Gasteiger partial charge >= 0.3 is 12.6 Å². The number of halogens is 3. The van der Waals surface area contributed by atoms with E-state index in [1.807, 2.05) is 19.1 Å². The second-order valence-electron chi connectivity index (χ2n) is 5.34. The number of hydrogen-bond acceptors (Lipinski definition) is 4. The third kappa shape index (κ3) is 3.09. The molecule has 3 aromatic rings. The van der Waals surface area contributed by atoms with E-state index >= 15 is 0 Å². The van der Waals surface area contributed by atoms with Crippen LogP contribution in [-0.2, 0) is 0 Å². The Hall–Kier alpha value is -2.48. The van der Waals surface area contributed by atoms with Crippen LogP contribution in [0.1, 0.15) is 21.5 Å². The molecule has 0 bridgehead atoms. The molecule has 1 aromatic heterocycles. The molecule has 0 spiro atoms. The molecule has 1 N–H and O–H groups in total. The van der Waals surface area contributed by atoms with Crippen LogP contribution in [0.25, 0.3) is 22.6 Å². The molecule has 0 saturated carbocycles. The Kier molecular flexibility index (Phi) is 4.47. The Morgan fingerprint density at radius 1 is 1.32 bits per heavy atom. The van der Waals surface area contributed by atoms with Gasteiger partial charge in [-0.3, -0.25) is 0 Å². The lowest BCUT2D eigenvalue weighted by molar-refractivity contribution is -0.0502. The summed E-state index contributed by atoms with van der Waals surface area (Å²) in [6.07, 6.45) is 0. The summed E-state index contributed by atoms with van der Waals surface area (Å²) in [5.74, 6) is -1.57. The fourth-order valence-electron chi connectivity index (χ4n) is 2.60. The summed E-state index contributed by atoms with van der Waals surface area (Å²) in [6.45, 7) is 0.198. The van der Waals surface area contributed by atoms with Gasteiger partial charge in [-0.1, -0.05) is 22.0 Å². The number of carboxylic acids is 1. The van der Waals surface area contributed by atoms with E-state index in [2.05, 4.69) is 25.7 Å². The van der Waals surface area contributed by atoms with Crippen LogP contribution in [-0.4, -0.2) is 22.7 Å². The molecule has 8 heteroatoms. The first-order chi connectivity index (χ1) is 11.8. The van der Waals surface area contributed by atoms with Crippen molar-refractivity contribution in [3.05, 3.63) is 45.4 Å². The minimum Gasteiger partial charge on any atom is -0.478 e. The number of nitrogens with zero attached hydrogens (tertiary/aromatic N) is 1. The molecule has 2 aromatic carbocycles. The smallest absolute Gasteiger partial charge is 0.387 e. The van der Waals surface area contributed by atoms with Gasteiger partial charge in [0.15, 0.2) is 5.58 Å². The molecule has 0 fully saturated rings. The van der Waals surface area contributed by atoms with Gasteiger partial charge in [-0.05, 0) is 37.1 Å². The minimum atomic E-state index is -3.15. The van der Waals surface area contributed by atoms with Crippen LogP contribution in [0, 0.1) is 13.8 Å². The van der Waals surface area contributed by atoms with Gasteiger partial charge in [0, 0.05) is 16.1 Å². The number of carbonyl (C=O) groups is 1. The molecule has 5 nitrogen and oxygen atoms in total. The van der Waals surface area contributed by atoms with Crippen molar-refractivity contribution in [3.8, 4) is 17.2 Å². The number of aromatic carboxylic acids is 1. The molecule has 0 unspecified atom stereocenters. The van der Waals surface area contributed by atoms with Gasteiger partial charge in [-0.25, -0.2) is 9.78 Å². The lowest BCUT2D eigenvalue weighted by atomic mass is 10.1. The van der Waals surface area contributed by atoms with Crippen molar-refractivity contribution in [2.24, 2.45) is 0 Å². The van der Waals surface area contributed by atoms with Gasteiger partial charge in [-0.15, -0.1) is 0 Å². The topological polar surface area (TPSA) is 72.6 Å². The number of fused-ring (bicyclic) bond motifs is 1. The lowest BCUT2D eigenvalue weighted by Crippen LogP contribution is -2.09. The highest BCUT2D eigenvalue weighted by molar-refractivity contribution is 9.10. The van der Waals surface area contributed by atoms with Gasteiger partial charge in [0.25, 0.3) is 0 Å². The molecule has 0 saturated heterocycles. The van der Waals surface area contributed by atoms with Crippen LogP contribution < -0.4 is 4.74 Å². The van der Waals surface area contributed by atoms with E-state index in [1.165, 1.54) is 6.92 Å². The number of benzene rings is 2. The molecule has 0 atom stereocenters. The lowest BCUT2D eigenvalue weighted by Gasteiger charge is -2.09. The predicted molar refractivity (Wildman–Crippen MR) is 90.2 cm³/mol. The summed E-state index contributed by atoms with van der Waals surface area (Å²) in [6, 6.07) is 6.60. The molecule has 1 heterocycles. The van der Waals surface area contributed by atoms with Gasteiger partial charge in [-0.2, -0.15) is 8.78 Å². The maximum atomic E-state index is 12.6. The Labute approximate surface area is 149 Å². The zero-order chi connectivity index (χ0) is 18.3. The summed E-state index contributed by atoms with van der Waals surface area (Å²) >= 11 is 3.42. The van der Waals surface area contributed by atoms with E-state index in [9.17, 15) is 18.7 Å². The van der Waals surface area contributed by atoms with Gasteiger partial charge in [0.1, 0.15) is 16.8 Å². The third-order valence-electron chi connectivity index (χ3n) is 3.82. The summed E-state index contributed by atoms with van der Waals surface area (Å²) in [4.78, 5) is 15.8. The van der Waals surface area contributed by atoms with E-state index in [0.717, 1.165) is 16.1 Å². The zero-order valence-electron chi connectivity index (χ0n) is 13.1. The van der Waals surface area contributed by atoms with Crippen molar-refractivity contribution in [1.82, 2.24) is 4.98 Å². The normalized spacial score (nSPS) is 11.3. The molecule has 0 radical (unpaired) electrons. The van der Waals surface area contributed by atoms with E-state index in [0.29, 0.717) is 5.56 Å². The Morgan fingerprint density at radius 3 is 2.68 bits per heavy atom. The average Bonchev–Trinajstić information content (AvgIpc) is 2.93. The van der Waals surface area contributed by atoms with Crippen molar-refractivity contribution in [3.63, 3.8) is 0 Å². The van der Waals surface area contributed by atoms with Crippen molar-refractivity contribution >= 4 is 33.0 Å². The van der Waals surface area contributed by atoms with Crippen molar-refractivity contribution in [2.45, 2.75) is 20.5 Å². The molecule has 130 valence electrons. The predicted octanol–water partition coefficient (Wildman–Crippen LogP) is 5.17. The number of carboxylic acid groups (broad SMARTS) is 1. The Morgan fingerprint density at radius 2 is 2.04 bits per heavy atom. The monoisotopic (exact) mass is 411 g/mol. The largest absolute Gasteiger partial charge is 0.478 e. The number of oxazole rings is 1. The van der Waals surface area contributed by atoms with Crippen LogP contribution in [0.5, 0.6) is 5.75 Å². The number of ether oxygens (including phenoxy) is 1. The molecular formula is C17H12BrF2NO4. The molecule has 0 aliphatic rings.